The average molecular weight is 479 g/mol. The summed E-state index contributed by atoms with van der Waals surface area (Å²) >= 11 is 0. The van der Waals surface area contributed by atoms with Gasteiger partial charge in [-0.05, 0) is 67.6 Å². The summed E-state index contributed by atoms with van der Waals surface area (Å²) in [5, 5.41) is 4.16. The van der Waals surface area contributed by atoms with Crippen molar-refractivity contribution in [3.63, 3.8) is 0 Å². The van der Waals surface area contributed by atoms with Crippen molar-refractivity contribution in [1.29, 1.82) is 0 Å². The summed E-state index contributed by atoms with van der Waals surface area (Å²) in [4.78, 5) is -0.178. The highest BCUT2D eigenvalue weighted by molar-refractivity contribution is 7.95. The van der Waals surface area contributed by atoms with Gasteiger partial charge in [-0.25, -0.2) is 8.42 Å². The van der Waals surface area contributed by atoms with Crippen LogP contribution in [0.2, 0.25) is 0 Å². The second kappa shape index (κ2) is 10.8. The molecular formula is C27H27O4PS. The molecule has 4 aromatic rings. The lowest BCUT2D eigenvalue weighted by Crippen LogP contribution is -2.30. The van der Waals surface area contributed by atoms with Gasteiger partial charge in [-0.15, -0.1) is 0 Å². The predicted octanol–water partition coefficient (Wildman–Crippen LogP) is 4.52. The number of rotatable bonds is 5. The van der Waals surface area contributed by atoms with E-state index >= 15 is 0 Å². The second-order valence-electron chi connectivity index (χ2n) is 7.64. The van der Waals surface area contributed by atoms with E-state index in [1.165, 1.54) is 28.0 Å². The number of aryl methyl sites for hydroxylation is 1. The molecule has 0 N–H and O–H groups in total. The summed E-state index contributed by atoms with van der Waals surface area (Å²) in [6.07, 6.45) is 0. The molecule has 0 saturated carbocycles. The van der Waals surface area contributed by atoms with Gasteiger partial charge >= 0.3 is 0 Å². The molecule has 33 heavy (non-hydrogen) atoms. The first-order valence-electron chi connectivity index (χ1n) is 10.4. The zero-order valence-corrected chi connectivity index (χ0v) is 20.6. The Bertz CT molecular complexity index is 1220. The third-order valence-corrected chi connectivity index (χ3v) is 10.3. The molecule has 0 heterocycles. The summed E-state index contributed by atoms with van der Waals surface area (Å²) in [7, 11) is -4.18. The van der Waals surface area contributed by atoms with Gasteiger partial charge in [0.25, 0.3) is 0 Å². The Morgan fingerprint density at radius 1 is 0.667 bits per heavy atom. The van der Waals surface area contributed by atoms with E-state index in [-0.39, 0.29) is 4.90 Å². The molecule has 0 spiro atoms. The van der Waals surface area contributed by atoms with Crippen LogP contribution in [0.5, 0.6) is 5.75 Å². The Morgan fingerprint density at radius 2 is 1.09 bits per heavy atom. The van der Waals surface area contributed by atoms with Crippen molar-refractivity contribution in [2.24, 2.45) is 0 Å². The minimum Gasteiger partial charge on any atom is -0.744 e. The van der Waals surface area contributed by atoms with Gasteiger partial charge in [-0.2, -0.15) is 0 Å². The highest BCUT2D eigenvalue weighted by Gasteiger charge is 2.39. The zero-order valence-electron chi connectivity index (χ0n) is 18.9. The fourth-order valence-electron chi connectivity index (χ4n) is 3.48. The maximum Gasteiger partial charge on any atom is 0.124 e. The topological polar surface area (TPSA) is 66.4 Å². The van der Waals surface area contributed by atoms with Crippen LogP contribution < -0.4 is 20.7 Å². The fourth-order valence-corrected chi connectivity index (χ4v) is 7.13. The summed E-state index contributed by atoms with van der Waals surface area (Å²) in [5.74, 6) is 0.899. The van der Waals surface area contributed by atoms with Crippen LogP contribution in [0.25, 0.3) is 0 Å². The highest BCUT2D eigenvalue weighted by atomic mass is 32.2. The molecule has 0 fully saturated rings. The first-order chi connectivity index (χ1) is 15.7. The normalized spacial score (nSPS) is 11.3. The molecule has 0 unspecified atom stereocenters. The Balaban J connectivity index is 0.000000235. The minimum absolute atomic E-state index is 0.178. The van der Waals surface area contributed by atoms with Gasteiger partial charge in [-0.1, -0.05) is 54.1 Å². The Morgan fingerprint density at radius 3 is 1.48 bits per heavy atom. The molecule has 0 aromatic heterocycles. The largest absolute Gasteiger partial charge is 0.744 e. The maximum absolute atomic E-state index is 10.4. The van der Waals surface area contributed by atoms with Crippen LogP contribution in [0.4, 0.5) is 0 Å². The van der Waals surface area contributed by atoms with E-state index in [0.717, 1.165) is 11.3 Å². The molecule has 170 valence electrons. The molecule has 4 rings (SSSR count). The van der Waals surface area contributed by atoms with E-state index in [2.05, 4.69) is 91.6 Å². The van der Waals surface area contributed by atoms with Crippen LogP contribution in [0.15, 0.2) is 114 Å². The van der Waals surface area contributed by atoms with Gasteiger partial charge in [0, 0.05) is 0 Å². The van der Waals surface area contributed by atoms with Gasteiger partial charge in [0.1, 0.15) is 39.0 Å². The van der Waals surface area contributed by atoms with Crippen LogP contribution in [-0.4, -0.2) is 26.7 Å². The maximum atomic E-state index is 10.4. The second-order valence-corrected chi connectivity index (χ2v) is 12.6. The number of hydrogen-bond donors (Lipinski definition) is 0. The van der Waals surface area contributed by atoms with E-state index in [1.54, 1.807) is 19.2 Å². The van der Waals surface area contributed by atoms with Crippen LogP contribution >= 0.6 is 7.26 Å². The smallest absolute Gasteiger partial charge is 0.124 e. The molecule has 0 aliphatic rings. The molecule has 0 bridgehead atoms. The summed E-state index contributed by atoms with van der Waals surface area (Å²) in [5.41, 5.74) is 0.928. The summed E-state index contributed by atoms with van der Waals surface area (Å²) in [6, 6.07) is 35.9. The number of hydrogen-bond acceptors (Lipinski definition) is 4. The summed E-state index contributed by atoms with van der Waals surface area (Å²) < 4.78 is 36.5. The van der Waals surface area contributed by atoms with Gasteiger partial charge in [0.15, 0.2) is 0 Å². The number of methoxy groups -OCH3 is 1. The quantitative estimate of drug-likeness (QED) is 0.313. The van der Waals surface area contributed by atoms with Crippen molar-refractivity contribution in [1.82, 2.24) is 0 Å². The average Bonchev–Trinajstić information content (AvgIpc) is 2.85. The van der Waals surface area contributed by atoms with Crippen molar-refractivity contribution in [2.75, 3.05) is 13.8 Å². The molecule has 0 aliphatic heterocycles. The van der Waals surface area contributed by atoms with Crippen LogP contribution in [-0.2, 0) is 10.1 Å². The molecular weight excluding hydrogens is 451 g/mol. The minimum atomic E-state index is -4.27. The number of ether oxygens (including phenoxy) is 1. The molecule has 0 saturated heterocycles. The van der Waals surface area contributed by atoms with Crippen molar-refractivity contribution >= 4 is 33.3 Å². The van der Waals surface area contributed by atoms with Gasteiger partial charge in [-0.3, -0.25) is 0 Å². The Labute approximate surface area is 197 Å². The number of benzene rings is 4. The lowest BCUT2D eigenvalue weighted by Gasteiger charge is -2.23. The zero-order chi connectivity index (χ0) is 23.9. The lowest BCUT2D eigenvalue weighted by molar-refractivity contribution is 0.415. The molecule has 0 atom stereocenters. The van der Waals surface area contributed by atoms with Gasteiger partial charge in [0.05, 0.1) is 18.7 Å². The molecule has 0 aliphatic carbocycles. The van der Waals surface area contributed by atoms with Crippen molar-refractivity contribution in [3.05, 3.63) is 115 Å². The first-order valence-corrected chi connectivity index (χ1v) is 14.0. The van der Waals surface area contributed by atoms with E-state index < -0.39 is 17.4 Å². The monoisotopic (exact) mass is 478 g/mol. The third-order valence-electron chi connectivity index (χ3n) is 5.44. The van der Waals surface area contributed by atoms with Crippen LogP contribution in [0.3, 0.4) is 0 Å². The van der Waals surface area contributed by atoms with Crippen molar-refractivity contribution in [2.45, 2.75) is 11.8 Å². The summed E-state index contributed by atoms with van der Waals surface area (Å²) in [6.45, 7) is 4.21. The third kappa shape index (κ3) is 6.08. The van der Waals surface area contributed by atoms with E-state index in [4.69, 9.17) is 4.74 Å². The molecule has 0 amide bonds. The van der Waals surface area contributed by atoms with Crippen molar-refractivity contribution in [3.8, 4) is 5.75 Å². The van der Waals surface area contributed by atoms with Gasteiger partial charge < -0.3 is 9.29 Å². The Hall–Kier alpha value is -2.98. The van der Waals surface area contributed by atoms with E-state index in [1.807, 2.05) is 6.92 Å². The van der Waals surface area contributed by atoms with E-state index in [9.17, 15) is 13.0 Å². The fraction of sp³-hybridized carbons (Fsp3) is 0.111. The SMILES string of the molecule is COc1ccc([P+](C)(c2ccccc2)c2ccccc2)cc1.Cc1ccc(S(=O)(=O)[O-])cc1. The predicted molar refractivity (Wildman–Crippen MR) is 137 cm³/mol. The van der Waals surface area contributed by atoms with Crippen LogP contribution in [0.1, 0.15) is 5.56 Å². The standard InChI is InChI=1S/C20H20OP.C7H8O3S/c1-21-17-13-15-20(16-14-17)22(2,18-9-5-3-6-10-18)19-11-7-4-8-12-19;1-6-2-4-7(5-3-6)11(8,9)10/h3-16H,1-2H3;2-5H,1H3,(H,8,9,10)/q+1;/p-1. The molecule has 6 heteroatoms. The van der Waals surface area contributed by atoms with Crippen LogP contribution in [0, 0.1) is 6.92 Å². The molecule has 0 radical (unpaired) electrons. The molecule has 4 nitrogen and oxygen atoms in total. The van der Waals surface area contributed by atoms with E-state index in [0.29, 0.717) is 0 Å². The van der Waals surface area contributed by atoms with Gasteiger partial charge in [0.2, 0.25) is 0 Å². The molecule has 4 aromatic carbocycles. The highest BCUT2D eigenvalue weighted by Crippen LogP contribution is 2.51. The lowest BCUT2D eigenvalue weighted by atomic mass is 10.2. The first kappa shape index (κ1) is 24.7. The van der Waals surface area contributed by atoms with Crippen molar-refractivity contribution < 1.29 is 17.7 Å². The Kier molecular flexibility index (Phi) is 8.04.